The summed E-state index contributed by atoms with van der Waals surface area (Å²) in [5, 5.41) is 9.86. The van der Waals surface area contributed by atoms with Gasteiger partial charge < -0.3 is 14.9 Å². The van der Waals surface area contributed by atoms with Gasteiger partial charge in [0.2, 0.25) is 11.8 Å². The molecule has 0 spiro atoms. The molecule has 0 bridgehead atoms. The smallest absolute Gasteiger partial charge is 0.259 e. The number of rotatable bonds is 2. The Morgan fingerprint density at radius 2 is 1.89 bits per heavy atom. The molecule has 0 aliphatic carbocycles. The minimum absolute atomic E-state index is 0.0391. The molecule has 6 nitrogen and oxygen atoms in total. The summed E-state index contributed by atoms with van der Waals surface area (Å²) in [7, 11) is 2.06. The lowest BCUT2D eigenvalue weighted by atomic mass is 10.1. The molecule has 0 aromatic carbocycles. The number of nitrogens with one attached hydrogen (secondary N) is 1. The minimum atomic E-state index is -0.244. The van der Waals surface area contributed by atoms with Crippen LogP contribution in [0.25, 0.3) is 0 Å². The Kier molecular flexibility index (Phi) is 3.56. The first-order valence-electron chi connectivity index (χ1n) is 6.25. The standard InChI is InChI=1S/C12H20N4O2/c1-8(2)9-10(17)13-12(14-11(9)18)16-6-4-15(3)5-7-16/h8H,4-7H2,1-3H3,(H2,13,14,17,18). The zero-order valence-electron chi connectivity index (χ0n) is 11.1. The Hall–Kier alpha value is -1.56. The largest absolute Gasteiger partial charge is 0.493 e. The number of aromatic amines is 1. The van der Waals surface area contributed by atoms with E-state index < -0.39 is 0 Å². The molecule has 0 saturated carbocycles. The first-order chi connectivity index (χ1) is 8.49. The van der Waals surface area contributed by atoms with Gasteiger partial charge in [0.05, 0.1) is 5.56 Å². The van der Waals surface area contributed by atoms with E-state index in [2.05, 4.69) is 21.9 Å². The molecule has 0 radical (unpaired) electrons. The van der Waals surface area contributed by atoms with Crippen molar-refractivity contribution in [1.29, 1.82) is 0 Å². The van der Waals surface area contributed by atoms with Crippen LogP contribution in [0.1, 0.15) is 25.3 Å². The number of nitrogens with zero attached hydrogens (tertiary/aromatic N) is 3. The quantitative estimate of drug-likeness (QED) is 0.794. The molecule has 0 atom stereocenters. The van der Waals surface area contributed by atoms with Crippen LogP contribution in [0.5, 0.6) is 5.88 Å². The van der Waals surface area contributed by atoms with Gasteiger partial charge >= 0.3 is 0 Å². The zero-order chi connectivity index (χ0) is 13.3. The van der Waals surface area contributed by atoms with E-state index in [0.29, 0.717) is 11.5 Å². The molecular formula is C12H20N4O2. The number of piperazine rings is 1. The summed E-state index contributed by atoms with van der Waals surface area (Å²) in [6.07, 6.45) is 0. The molecule has 0 unspecified atom stereocenters. The minimum Gasteiger partial charge on any atom is -0.493 e. The summed E-state index contributed by atoms with van der Waals surface area (Å²) in [4.78, 5) is 23.0. The number of hydrogen-bond acceptors (Lipinski definition) is 5. The Balaban J connectivity index is 2.28. The first kappa shape index (κ1) is 12.9. The van der Waals surface area contributed by atoms with E-state index in [1.807, 2.05) is 18.7 Å². The molecule has 1 aliphatic heterocycles. The second-order valence-electron chi connectivity index (χ2n) is 5.07. The van der Waals surface area contributed by atoms with Crippen molar-refractivity contribution < 1.29 is 5.11 Å². The van der Waals surface area contributed by atoms with E-state index in [4.69, 9.17) is 0 Å². The van der Waals surface area contributed by atoms with E-state index in [0.717, 1.165) is 26.2 Å². The highest BCUT2D eigenvalue weighted by Gasteiger charge is 2.19. The van der Waals surface area contributed by atoms with Crippen LogP contribution in [-0.2, 0) is 0 Å². The average molecular weight is 252 g/mol. The summed E-state index contributed by atoms with van der Waals surface area (Å²) in [6, 6.07) is 0. The van der Waals surface area contributed by atoms with Crippen LogP contribution in [-0.4, -0.2) is 53.2 Å². The van der Waals surface area contributed by atoms with Gasteiger partial charge in [-0.3, -0.25) is 9.78 Å². The van der Waals surface area contributed by atoms with Crippen molar-refractivity contribution in [2.45, 2.75) is 19.8 Å². The average Bonchev–Trinajstić information content (AvgIpc) is 2.28. The van der Waals surface area contributed by atoms with Crippen LogP contribution < -0.4 is 10.5 Å². The molecule has 2 heterocycles. The van der Waals surface area contributed by atoms with Crippen LogP contribution in [0.3, 0.4) is 0 Å². The summed E-state index contributed by atoms with van der Waals surface area (Å²) < 4.78 is 0. The van der Waals surface area contributed by atoms with Crippen molar-refractivity contribution in [3.8, 4) is 5.88 Å². The van der Waals surface area contributed by atoms with E-state index >= 15 is 0 Å². The fourth-order valence-corrected chi connectivity index (χ4v) is 2.15. The molecule has 100 valence electrons. The van der Waals surface area contributed by atoms with Crippen LogP contribution in [0.15, 0.2) is 4.79 Å². The molecule has 1 fully saturated rings. The fraction of sp³-hybridized carbons (Fsp3) is 0.667. The lowest BCUT2D eigenvalue weighted by molar-refractivity contribution is 0.310. The summed E-state index contributed by atoms with van der Waals surface area (Å²) in [6.45, 7) is 7.19. The van der Waals surface area contributed by atoms with Gasteiger partial charge in [-0.2, -0.15) is 4.98 Å². The van der Waals surface area contributed by atoms with E-state index in [9.17, 15) is 9.90 Å². The molecular weight excluding hydrogens is 232 g/mol. The number of hydrogen-bond donors (Lipinski definition) is 2. The van der Waals surface area contributed by atoms with Crippen molar-refractivity contribution in [2.75, 3.05) is 38.1 Å². The van der Waals surface area contributed by atoms with E-state index in [-0.39, 0.29) is 17.4 Å². The second-order valence-corrected chi connectivity index (χ2v) is 5.07. The molecule has 6 heteroatoms. The van der Waals surface area contributed by atoms with Gasteiger partial charge in [-0.25, -0.2) is 0 Å². The Bertz CT molecular complexity index is 475. The molecule has 2 N–H and O–H groups in total. The van der Waals surface area contributed by atoms with Crippen molar-refractivity contribution in [2.24, 2.45) is 0 Å². The summed E-state index contributed by atoms with van der Waals surface area (Å²) in [5.41, 5.74) is 0.110. The molecule has 1 aliphatic rings. The van der Waals surface area contributed by atoms with Crippen molar-refractivity contribution >= 4 is 5.95 Å². The Morgan fingerprint density at radius 1 is 1.28 bits per heavy atom. The summed E-state index contributed by atoms with van der Waals surface area (Å²) >= 11 is 0. The van der Waals surface area contributed by atoms with E-state index in [1.165, 1.54) is 0 Å². The van der Waals surface area contributed by atoms with E-state index in [1.54, 1.807) is 0 Å². The lowest BCUT2D eigenvalue weighted by Crippen LogP contribution is -2.45. The number of H-pyrrole nitrogens is 1. The molecule has 2 rings (SSSR count). The zero-order valence-corrected chi connectivity index (χ0v) is 11.1. The summed E-state index contributed by atoms with van der Waals surface area (Å²) in [5.74, 6) is 0.278. The molecule has 18 heavy (non-hydrogen) atoms. The van der Waals surface area contributed by atoms with Gasteiger partial charge in [-0.15, -0.1) is 0 Å². The normalized spacial score (nSPS) is 17.4. The maximum Gasteiger partial charge on any atom is 0.259 e. The third-order valence-electron chi connectivity index (χ3n) is 3.30. The fourth-order valence-electron chi connectivity index (χ4n) is 2.15. The Morgan fingerprint density at radius 3 is 2.39 bits per heavy atom. The van der Waals surface area contributed by atoms with Crippen LogP contribution in [0.2, 0.25) is 0 Å². The van der Waals surface area contributed by atoms with Gasteiger partial charge in [0.1, 0.15) is 0 Å². The van der Waals surface area contributed by atoms with Gasteiger partial charge in [-0.1, -0.05) is 13.8 Å². The molecule has 1 aromatic rings. The predicted octanol–water partition coefficient (Wildman–Crippen LogP) is 0.351. The maximum atomic E-state index is 11.9. The predicted molar refractivity (Wildman–Crippen MR) is 70.3 cm³/mol. The second kappa shape index (κ2) is 4.97. The van der Waals surface area contributed by atoms with Crippen LogP contribution in [0.4, 0.5) is 5.95 Å². The third kappa shape index (κ3) is 2.48. The number of aromatic hydroxyl groups is 1. The van der Waals surface area contributed by atoms with Crippen LogP contribution >= 0.6 is 0 Å². The topological polar surface area (TPSA) is 72.5 Å². The molecule has 0 amide bonds. The highest BCUT2D eigenvalue weighted by molar-refractivity contribution is 5.37. The van der Waals surface area contributed by atoms with Gasteiger partial charge in [0.25, 0.3) is 5.56 Å². The highest BCUT2D eigenvalue weighted by atomic mass is 16.3. The van der Waals surface area contributed by atoms with Crippen LogP contribution in [0, 0.1) is 0 Å². The number of aromatic nitrogens is 2. The van der Waals surface area contributed by atoms with Crippen molar-refractivity contribution in [3.05, 3.63) is 15.9 Å². The first-order valence-corrected chi connectivity index (χ1v) is 6.25. The molecule has 1 saturated heterocycles. The highest BCUT2D eigenvalue weighted by Crippen LogP contribution is 2.21. The van der Waals surface area contributed by atoms with Gasteiger partial charge in [0.15, 0.2) is 0 Å². The third-order valence-corrected chi connectivity index (χ3v) is 3.30. The van der Waals surface area contributed by atoms with Gasteiger partial charge in [-0.05, 0) is 13.0 Å². The van der Waals surface area contributed by atoms with Crippen molar-refractivity contribution in [1.82, 2.24) is 14.9 Å². The lowest BCUT2D eigenvalue weighted by Gasteiger charge is -2.32. The SMILES string of the molecule is CC(C)c1c(O)nc(N2CCN(C)CC2)[nH]c1=O. The van der Waals surface area contributed by atoms with Gasteiger partial charge in [0, 0.05) is 26.2 Å². The number of likely N-dealkylation sites (N-methyl/N-ethyl adjacent to an activating group) is 1. The van der Waals surface area contributed by atoms with Crippen molar-refractivity contribution in [3.63, 3.8) is 0 Å². The molecule has 1 aromatic heterocycles. The monoisotopic (exact) mass is 252 g/mol. The number of anilines is 1. The maximum absolute atomic E-state index is 11.9. The Labute approximate surface area is 106 Å².